The number of nitrogens with one attached hydrogen (secondary N) is 1. The number of nitrogens with zero attached hydrogens (tertiary/aromatic N) is 4. The zero-order valence-corrected chi connectivity index (χ0v) is 17.1. The van der Waals surface area contributed by atoms with Gasteiger partial charge in [0.2, 0.25) is 5.91 Å². The second-order valence-corrected chi connectivity index (χ2v) is 6.91. The van der Waals surface area contributed by atoms with Crippen LogP contribution in [0, 0.1) is 0 Å². The zero-order chi connectivity index (χ0) is 21.4. The highest BCUT2D eigenvalue weighted by molar-refractivity contribution is 5.93. The van der Waals surface area contributed by atoms with Gasteiger partial charge in [0.05, 0.1) is 12.7 Å². The molecule has 2 aromatic carbocycles. The number of fused-ring (bicyclic) bond motifs is 1. The fraction of sp³-hybridized carbons (Fsp3) is 0.182. The van der Waals surface area contributed by atoms with Crippen molar-refractivity contribution in [3.8, 4) is 28.4 Å². The lowest BCUT2D eigenvalue weighted by Crippen LogP contribution is -2.22. The third-order valence-electron chi connectivity index (χ3n) is 5.04. The van der Waals surface area contributed by atoms with E-state index >= 15 is 0 Å². The van der Waals surface area contributed by atoms with Crippen molar-refractivity contribution in [1.29, 1.82) is 0 Å². The van der Waals surface area contributed by atoms with E-state index in [9.17, 15) is 9.59 Å². The summed E-state index contributed by atoms with van der Waals surface area (Å²) in [7, 11) is 4.97. The van der Waals surface area contributed by atoms with Crippen LogP contribution in [0.5, 0.6) is 5.75 Å². The average Bonchev–Trinajstić information content (AvgIpc) is 3.10. The first-order valence-electron chi connectivity index (χ1n) is 9.36. The summed E-state index contributed by atoms with van der Waals surface area (Å²) >= 11 is 0. The van der Waals surface area contributed by atoms with Gasteiger partial charge in [-0.05, 0) is 12.1 Å². The van der Waals surface area contributed by atoms with Crippen LogP contribution in [0.15, 0.2) is 53.3 Å². The highest BCUT2D eigenvalue weighted by atomic mass is 16.5. The number of aromatic nitrogens is 4. The number of ether oxygens (including phenoxy) is 1. The first-order valence-corrected chi connectivity index (χ1v) is 9.36. The Morgan fingerprint density at radius 3 is 2.57 bits per heavy atom. The third-order valence-corrected chi connectivity index (χ3v) is 5.04. The number of carbonyl (C=O) groups is 1. The lowest BCUT2D eigenvalue weighted by Gasteiger charge is -2.17. The van der Waals surface area contributed by atoms with Gasteiger partial charge in [0.1, 0.15) is 22.7 Å². The van der Waals surface area contributed by atoms with Crippen LogP contribution in [0.25, 0.3) is 33.7 Å². The lowest BCUT2D eigenvalue weighted by molar-refractivity contribution is -0.116. The number of anilines is 1. The largest absolute Gasteiger partial charge is 0.496 e. The molecule has 2 aromatic heterocycles. The van der Waals surface area contributed by atoms with Gasteiger partial charge in [-0.1, -0.05) is 30.3 Å². The Morgan fingerprint density at radius 1 is 1.17 bits per heavy atom. The van der Waals surface area contributed by atoms with E-state index in [-0.39, 0.29) is 11.5 Å². The summed E-state index contributed by atoms with van der Waals surface area (Å²) in [6, 6.07) is 14.8. The van der Waals surface area contributed by atoms with Crippen LogP contribution in [0.1, 0.15) is 6.92 Å². The fourth-order valence-electron chi connectivity index (χ4n) is 3.35. The molecule has 0 saturated heterocycles. The van der Waals surface area contributed by atoms with Crippen molar-refractivity contribution in [3.63, 3.8) is 0 Å². The molecule has 0 saturated carbocycles. The van der Waals surface area contributed by atoms with Crippen molar-refractivity contribution in [2.24, 2.45) is 7.05 Å². The molecule has 30 heavy (non-hydrogen) atoms. The van der Waals surface area contributed by atoms with Gasteiger partial charge in [-0.15, -0.1) is 0 Å². The van der Waals surface area contributed by atoms with Gasteiger partial charge in [-0.25, -0.2) is 9.67 Å². The number of H-pyrrole nitrogens is 1. The minimum absolute atomic E-state index is 0.0962. The Kier molecular flexibility index (Phi) is 4.83. The van der Waals surface area contributed by atoms with Crippen molar-refractivity contribution in [2.75, 3.05) is 19.1 Å². The van der Waals surface area contributed by atoms with Crippen LogP contribution in [-0.2, 0) is 11.8 Å². The zero-order valence-electron chi connectivity index (χ0n) is 17.1. The highest BCUT2D eigenvalue weighted by Gasteiger charge is 2.19. The van der Waals surface area contributed by atoms with Crippen molar-refractivity contribution < 1.29 is 9.53 Å². The number of aromatic amines is 1. The van der Waals surface area contributed by atoms with Gasteiger partial charge in [-0.3, -0.25) is 9.59 Å². The van der Waals surface area contributed by atoms with Crippen molar-refractivity contribution in [1.82, 2.24) is 19.7 Å². The second kappa shape index (κ2) is 7.47. The molecular weight excluding hydrogens is 382 g/mol. The van der Waals surface area contributed by atoms with Crippen molar-refractivity contribution in [3.05, 3.63) is 58.9 Å². The Labute approximate surface area is 172 Å². The number of hydrogen-bond donors (Lipinski definition) is 1. The van der Waals surface area contributed by atoms with E-state index in [1.807, 2.05) is 30.3 Å². The quantitative estimate of drug-likeness (QED) is 0.565. The van der Waals surface area contributed by atoms with Crippen LogP contribution in [-0.4, -0.2) is 39.8 Å². The molecule has 8 heteroatoms. The number of benzene rings is 2. The summed E-state index contributed by atoms with van der Waals surface area (Å²) in [5, 5.41) is 4.94. The first-order chi connectivity index (χ1) is 14.4. The molecule has 4 aromatic rings. The van der Waals surface area contributed by atoms with Crippen LogP contribution in [0.2, 0.25) is 0 Å². The van der Waals surface area contributed by atoms with Gasteiger partial charge in [0.25, 0.3) is 5.56 Å². The maximum atomic E-state index is 13.0. The molecule has 2 heterocycles. The van der Waals surface area contributed by atoms with E-state index in [0.717, 1.165) is 5.56 Å². The minimum Gasteiger partial charge on any atom is -0.496 e. The molecule has 1 amide bonds. The molecule has 0 aliphatic rings. The van der Waals surface area contributed by atoms with Crippen molar-refractivity contribution in [2.45, 2.75) is 6.92 Å². The number of methoxy groups -OCH3 is 1. The molecule has 0 spiro atoms. The van der Waals surface area contributed by atoms with Gasteiger partial charge in [0.15, 0.2) is 5.65 Å². The van der Waals surface area contributed by atoms with Gasteiger partial charge in [-0.2, -0.15) is 5.10 Å². The van der Waals surface area contributed by atoms with E-state index in [1.165, 1.54) is 18.9 Å². The minimum atomic E-state index is -0.283. The molecule has 0 aliphatic carbocycles. The molecule has 152 valence electrons. The van der Waals surface area contributed by atoms with E-state index in [0.29, 0.717) is 39.6 Å². The molecule has 0 radical (unpaired) electrons. The molecule has 8 nitrogen and oxygen atoms in total. The fourth-order valence-corrected chi connectivity index (χ4v) is 3.35. The maximum Gasteiger partial charge on any atom is 0.262 e. The summed E-state index contributed by atoms with van der Waals surface area (Å²) in [5.41, 5.74) is 2.91. The maximum absolute atomic E-state index is 13.0. The molecular formula is C22H21N5O3. The topological polar surface area (TPSA) is 93.1 Å². The molecule has 0 atom stereocenters. The Hall–Kier alpha value is -3.94. The predicted octanol–water partition coefficient (Wildman–Crippen LogP) is 2.98. The summed E-state index contributed by atoms with van der Waals surface area (Å²) in [5.74, 6) is 0.763. The molecule has 0 unspecified atom stereocenters. The Morgan fingerprint density at radius 2 is 1.90 bits per heavy atom. The van der Waals surface area contributed by atoms with Crippen LogP contribution in [0.3, 0.4) is 0 Å². The van der Waals surface area contributed by atoms with Crippen LogP contribution >= 0.6 is 0 Å². The Bertz CT molecular complexity index is 1310. The summed E-state index contributed by atoms with van der Waals surface area (Å²) in [6.07, 6.45) is 0. The van der Waals surface area contributed by atoms with E-state index in [2.05, 4.69) is 15.1 Å². The van der Waals surface area contributed by atoms with E-state index < -0.39 is 0 Å². The highest BCUT2D eigenvalue weighted by Crippen LogP contribution is 2.32. The number of aryl methyl sites for hydroxylation is 1. The lowest BCUT2D eigenvalue weighted by atomic mass is 10.1. The van der Waals surface area contributed by atoms with Crippen LogP contribution in [0.4, 0.5) is 5.69 Å². The van der Waals surface area contributed by atoms with E-state index in [1.54, 1.807) is 37.0 Å². The smallest absolute Gasteiger partial charge is 0.262 e. The molecule has 0 fully saturated rings. The van der Waals surface area contributed by atoms with Crippen molar-refractivity contribution >= 4 is 22.6 Å². The first kappa shape index (κ1) is 19.4. The number of hydrogen-bond acceptors (Lipinski definition) is 5. The van der Waals surface area contributed by atoms with Crippen LogP contribution < -0.4 is 15.2 Å². The number of carbonyl (C=O) groups excluding carboxylic acids is 1. The summed E-state index contributed by atoms with van der Waals surface area (Å²) in [4.78, 5) is 33.7. The monoisotopic (exact) mass is 403 g/mol. The normalized spacial score (nSPS) is 10.9. The molecule has 0 aliphatic heterocycles. The Balaban J connectivity index is 1.88. The molecule has 0 bridgehead atoms. The SMILES string of the molecule is COc1cc(N(C)C(C)=O)ccc1-c1nc2c(c(-c3ccccc3)nn2C)c(=O)[nH]1. The number of amides is 1. The summed E-state index contributed by atoms with van der Waals surface area (Å²) in [6.45, 7) is 1.49. The van der Waals surface area contributed by atoms with Gasteiger partial charge in [0, 0.05) is 38.3 Å². The third kappa shape index (κ3) is 3.22. The summed E-state index contributed by atoms with van der Waals surface area (Å²) < 4.78 is 7.10. The van der Waals surface area contributed by atoms with Gasteiger partial charge < -0.3 is 14.6 Å². The average molecular weight is 403 g/mol. The molecule has 1 N–H and O–H groups in total. The standard InChI is InChI=1S/C22H21N5O3/c1-13(28)26(2)15-10-11-16(17(12-15)30-4)20-23-21-18(22(29)24-20)19(25-27(21)3)14-8-6-5-7-9-14/h5-12H,1-4H3,(H,23,24,29). The van der Waals surface area contributed by atoms with E-state index in [4.69, 9.17) is 4.74 Å². The second-order valence-electron chi connectivity index (χ2n) is 6.91. The van der Waals surface area contributed by atoms with Gasteiger partial charge >= 0.3 is 0 Å². The number of rotatable bonds is 4. The predicted molar refractivity (Wildman–Crippen MR) is 116 cm³/mol. The molecule has 4 rings (SSSR count).